The lowest BCUT2D eigenvalue weighted by atomic mass is 9.81. The molecule has 26 heavy (non-hydrogen) atoms. The molecule has 0 saturated heterocycles. The van der Waals surface area contributed by atoms with Gasteiger partial charge in [0.25, 0.3) is 0 Å². The maximum atomic E-state index is 9.89. The van der Waals surface area contributed by atoms with Crippen LogP contribution >= 0.6 is 0 Å². The van der Waals surface area contributed by atoms with Gasteiger partial charge in [0.05, 0.1) is 0 Å². The number of aromatic hydroxyl groups is 2. The smallest absolute Gasteiger partial charge is 0.118 e. The molecule has 0 aliphatic heterocycles. The van der Waals surface area contributed by atoms with E-state index in [1.807, 2.05) is 56.3 Å². The molecule has 3 aromatic rings. The van der Waals surface area contributed by atoms with Gasteiger partial charge in [0, 0.05) is 12.0 Å². The molecule has 0 radical (unpaired) electrons. The second-order valence-corrected chi connectivity index (χ2v) is 6.92. The first-order valence-electron chi connectivity index (χ1n) is 8.84. The van der Waals surface area contributed by atoms with E-state index in [1.54, 1.807) is 12.1 Å². The number of phenolic OH excluding ortho intramolecular Hbond substituents is 2. The van der Waals surface area contributed by atoms with Gasteiger partial charge >= 0.3 is 0 Å². The summed E-state index contributed by atoms with van der Waals surface area (Å²) in [6.45, 7) is 3.78. The van der Waals surface area contributed by atoms with Gasteiger partial charge in [-0.1, -0.05) is 54.6 Å². The quantitative estimate of drug-likeness (QED) is 0.640. The SMILES string of the molecule is Cc1cc(C(c2ccc(O)c(C)c2)C(N)Cc2ccccc2)ccc1O. The molecule has 0 bridgehead atoms. The van der Waals surface area contributed by atoms with Gasteiger partial charge in [0.1, 0.15) is 11.5 Å². The Balaban J connectivity index is 2.02. The average Bonchev–Trinajstić information content (AvgIpc) is 2.62. The van der Waals surface area contributed by atoms with Crippen LogP contribution in [0.3, 0.4) is 0 Å². The highest BCUT2D eigenvalue weighted by atomic mass is 16.3. The Morgan fingerprint density at radius 3 is 1.73 bits per heavy atom. The fourth-order valence-corrected chi connectivity index (χ4v) is 3.44. The Labute approximate surface area is 154 Å². The van der Waals surface area contributed by atoms with Crippen LogP contribution in [0.4, 0.5) is 0 Å². The first-order valence-corrected chi connectivity index (χ1v) is 8.84. The van der Waals surface area contributed by atoms with Crippen molar-refractivity contribution in [2.24, 2.45) is 5.73 Å². The Bertz CT molecular complexity index is 838. The monoisotopic (exact) mass is 347 g/mol. The van der Waals surface area contributed by atoms with E-state index in [4.69, 9.17) is 5.73 Å². The molecule has 3 aromatic carbocycles. The first kappa shape index (κ1) is 18.0. The second-order valence-electron chi connectivity index (χ2n) is 6.92. The zero-order chi connectivity index (χ0) is 18.7. The normalized spacial score (nSPS) is 12.3. The van der Waals surface area contributed by atoms with Crippen LogP contribution in [-0.4, -0.2) is 16.3 Å². The van der Waals surface area contributed by atoms with Crippen molar-refractivity contribution in [2.75, 3.05) is 0 Å². The number of aryl methyl sites for hydroxylation is 2. The van der Waals surface area contributed by atoms with E-state index in [0.29, 0.717) is 0 Å². The summed E-state index contributed by atoms with van der Waals surface area (Å²) in [5.41, 5.74) is 11.6. The Kier molecular flexibility index (Phi) is 5.29. The van der Waals surface area contributed by atoms with Gasteiger partial charge in [-0.25, -0.2) is 0 Å². The molecule has 3 rings (SSSR count). The van der Waals surface area contributed by atoms with Gasteiger partial charge in [0.15, 0.2) is 0 Å². The van der Waals surface area contributed by atoms with Crippen LogP contribution in [0.2, 0.25) is 0 Å². The predicted octanol–water partition coefficient (Wildman–Crippen LogP) is 4.42. The van der Waals surface area contributed by atoms with Gasteiger partial charge in [-0.05, 0) is 60.2 Å². The summed E-state index contributed by atoms with van der Waals surface area (Å²) in [6, 6.07) is 21.4. The average molecular weight is 347 g/mol. The third kappa shape index (κ3) is 3.89. The number of rotatable bonds is 5. The lowest BCUT2D eigenvalue weighted by Crippen LogP contribution is -2.31. The molecule has 0 spiro atoms. The molecule has 4 N–H and O–H groups in total. The lowest BCUT2D eigenvalue weighted by Gasteiger charge is -2.26. The standard InChI is InChI=1S/C23H25NO2/c1-15-12-18(8-10-21(15)25)23(19-9-11-22(26)16(2)13-19)20(24)14-17-6-4-3-5-7-17/h3-13,20,23,25-26H,14,24H2,1-2H3. The van der Waals surface area contributed by atoms with Gasteiger partial charge in [0.2, 0.25) is 0 Å². The van der Waals surface area contributed by atoms with E-state index < -0.39 is 0 Å². The fraction of sp³-hybridized carbons (Fsp3) is 0.217. The number of nitrogens with two attached hydrogens (primary N) is 1. The summed E-state index contributed by atoms with van der Waals surface area (Å²) in [4.78, 5) is 0. The molecule has 0 amide bonds. The van der Waals surface area contributed by atoms with Crippen molar-refractivity contribution in [3.8, 4) is 11.5 Å². The van der Waals surface area contributed by atoms with E-state index in [2.05, 4.69) is 12.1 Å². The fourth-order valence-electron chi connectivity index (χ4n) is 3.44. The molecule has 0 fully saturated rings. The Hall–Kier alpha value is -2.78. The predicted molar refractivity (Wildman–Crippen MR) is 106 cm³/mol. The van der Waals surface area contributed by atoms with Gasteiger partial charge in [-0.15, -0.1) is 0 Å². The molecule has 0 aliphatic carbocycles. The molecule has 0 saturated carbocycles. The van der Waals surface area contributed by atoms with Crippen LogP contribution in [0.1, 0.15) is 33.7 Å². The van der Waals surface area contributed by atoms with Gasteiger partial charge in [-0.3, -0.25) is 0 Å². The zero-order valence-corrected chi connectivity index (χ0v) is 15.2. The summed E-state index contributed by atoms with van der Waals surface area (Å²) < 4.78 is 0. The number of hydrogen-bond acceptors (Lipinski definition) is 3. The van der Waals surface area contributed by atoms with Crippen molar-refractivity contribution >= 4 is 0 Å². The van der Waals surface area contributed by atoms with Gasteiger partial charge in [-0.2, -0.15) is 0 Å². The van der Waals surface area contributed by atoms with Gasteiger partial charge < -0.3 is 15.9 Å². The molecule has 0 aromatic heterocycles. The van der Waals surface area contributed by atoms with E-state index in [-0.39, 0.29) is 23.5 Å². The topological polar surface area (TPSA) is 66.5 Å². The van der Waals surface area contributed by atoms with Crippen LogP contribution in [0, 0.1) is 13.8 Å². The molecular formula is C23H25NO2. The highest BCUT2D eigenvalue weighted by Crippen LogP contribution is 2.33. The molecule has 134 valence electrons. The van der Waals surface area contributed by atoms with Crippen LogP contribution in [-0.2, 0) is 6.42 Å². The third-order valence-corrected chi connectivity index (χ3v) is 4.90. The van der Waals surface area contributed by atoms with Crippen molar-refractivity contribution < 1.29 is 10.2 Å². The highest BCUT2D eigenvalue weighted by molar-refractivity contribution is 5.45. The van der Waals surface area contributed by atoms with Crippen molar-refractivity contribution in [1.82, 2.24) is 0 Å². The van der Waals surface area contributed by atoms with Crippen LogP contribution in [0.25, 0.3) is 0 Å². The second kappa shape index (κ2) is 7.63. The number of phenols is 2. The summed E-state index contributed by atoms with van der Waals surface area (Å²) in [5, 5.41) is 19.8. The molecule has 3 heteroatoms. The van der Waals surface area contributed by atoms with Crippen LogP contribution in [0.15, 0.2) is 66.7 Å². The maximum absolute atomic E-state index is 9.89. The maximum Gasteiger partial charge on any atom is 0.118 e. The minimum atomic E-state index is -0.134. The largest absolute Gasteiger partial charge is 0.508 e. The third-order valence-electron chi connectivity index (χ3n) is 4.90. The summed E-state index contributed by atoms with van der Waals surface area (Å²) in [5.74, 6) is 0.533. The van der Waals surface area contributed by atoms with E-state index >= 15 is 0 Å². The van der Waals surface area contributed by atoms with Crippen molar-refractivity contribution in [2.45, 2.75) is 32.2 Å². The van der Waals surface area contributed by atoms with Crippen molar-refractivity contribution in [3.63, 3.8) is 0 Å². The number of benzene rings is 3. The Morgan fingerprint density at radius 2 is 1.27 bits per heavy atom. The first-order chi connectivity index (χ1) is 12.5. The van der Waals surface area contributed by atoms with E-state index in [0.717, 1.165) is 28.7 Å². The molecule has 1 unspecified atom stereocenters. The van der Waals surface area contributed by atoms with Crippen LogP contribution in [0.5, 0.6) is 11.5 Å². The van der Waals surface area contributed by atoms with E-state index in [1.165, 1.54) is 5.56 Å². The summed E-state index contributed by atoms with van der Waals surface area (Å²) >= 11 is 0. The number of hydrogen-bond donors (Lipinski definition) is 3. The van der Waals surface area contributed by atoms with Crippen molar-refractivity contribution in [1.29, 1.82) is 0 Å². The van der Waals surface area contributed by atoms with Crippen molar-refractivity contribution in [3.05, 3.63) is 94.5 Å². The minimum absolute atomic E-state index is 0.0335. The molecule has 0 aliphatic rings. The Morgan fingerprint density at radius 1 is 0.769 bits per heavy atom. The minimum Gasteiger partial charge on any atom is -0.508 e. The molecule has 1 atom stereocenters. The summed E-state index contributed by atoms with van der Waals surface area (Å²) in [7, 11) is 0. The van der Waals surface area contributed by atoms with Crippen LogP contribution < -0.4 is 5.73 Å². The van der Waals surface area contributed by atoms with E-state index in [9.17, 15) is 10.2 Å². The molecule has 0 heterocycles. The molecule has 3 nitrogen and oxygen atoms in total. The summed E-state index contributed by atoms with van der Waals surface area (Å²) in [6.07, 6.45) is 0.741. The highest BCUT2D eigenvalue weighted by Gasteiger charge is 2.23. The lowest BCUT2D eigenvalue weighted by molar-refractivity contribution is 0.469. The zero-order valence-electron chi connectivity index (χ0n) is 15.2. The molecular weight excluding hydrogens is 322 g/mol.